The molecule has 0 aliphatic heterocycles. The van der Waals surface area contributed by atoms with E-state index in [0.29, 0.717) is 5.69 Å². The van der Waals surface area contributed by atoms with Crippen molar-refractivity contribution in [1.82, 2.24) is 24.7 Å². The van der Waals surface area contributed by atoms with Crippen LogP contribution in [0.2, 0.25) is 0 Å². The third kappa shape index (κ3) is 5.30. The van der Waals surface area contributed by atoms with Gasteiger partial charge in [0, 0.05) is 30.8 Å². The van der Waals surface area contributed by atoms with E-state index in [-0.39, 0.29) is 45.9 Å². The number of rotatable bonds is 9. The summed E-state index contributed by atoms with van der Waals surface area (Å²) >= 11 is 0. The molecule has 3 aromatic heterocycles. The normalized spacial score (nSPS) is 13.7. The Hall–Kier alpha value is -4.07. The number of H-pyrrole nitrogens is 1. The lowest BCUT2D eigenvalue weighted by molar-refractivity contribution is -0.117. The van der Waals surface area contributed by atoms with Gasteiger partial charge in [-0.2, -0.15) is 5.10 Å². The summed E-state index contributed by atoms with van der Waals surface area (Å²) in [6, 6.07) is 6.61. The summed E-state index contributed by atoms with van der Waals surface area (Å²) in [5.41, 5.74) is 3.32. The number of sulfonamides is 1. The molecule has 0 atom stereocenters. The maximum Gasteiger partial charge on any atom is 0.295 e. The molecule has 0 unspecified atom stereocenters. The molecule has 4 aromatic rings. The highest BCUT2D eigenvalue weighted by molar-refractivity contribution is 7.92. The number of halogens is 2. The number of alkyl halides is 2. The Morgan fingerprint density at radius 1 is 1.18 bits per heavy atom. The fraction of sp³-hybridized carbons (Fsp3) is 0.333. The smallest absolute Gasteiger partial charge is 0.295 e. The van der Waals surface area contributed by atoms with Crippen molar-refractivity contribution >= 4 is 50.0 Å². The van der Waals surface area contributed by atoms with Crippen molar-refractivity contribution in [2.75, 3.05) is 21.1 Å². The number of nitrogens with one attached hydrogen (secondary N) is 4. The zero-order chi connectivity index (χ0) is 27.2. The molecular formula is C24H26F2N8O3S. The first-order chi connectivity index (χ1) is 18.0. The van der Waals surface area contributed by atoms with Crippen LogP contribution >= 0.6 is 0 Å². The van der Waals surface area contributed by atoms with E-state index in [2.05, 4.69) is 35.4 Å². The highest BCUT2D eigenvalue weighted by atomic mass is 32.2. The molecule has 1 fully saturated rings. The lowest BCUT2D eigenvalue weighted by Gasteiger charge is -2.16. The number of fused-ring (bicyclic) bond motifs is 1. The predicted molar refractivity (Wildman–Crippen MR) is 140 cm³/mol. The number of anilines is 4. The Balaban J connectivity index is 1.59. The Kier molecular flexibility index (Phi) is 6.51. The predicted octanol–water partition coefficient (Wildman–Crippen LogP) is 4.46. The number of amides is 1. The number of hydrogen-bond acceptors (Lipinski definition) is 7. The average molecular weight is 545 g/mol. The summed E-state index contributed by atoms with van der Waals surface area (Å²) in [6.45, 7) is 3.36. The summed E-state index contributed by atoms with van der Waals surface area (Å²) < 4.78 is 56.1. The lowest BCUT2D eigenvalue weighted by Crippen LogP contribution is -2.16. The number of carbonyl (C=O) groups is 1. The molecular weight excluding hydrogens is 518 g/mol. The maximum atomic E-state index is 13.4. The summed E-state index contributed by atoms with van der Waals surface area (Å²) in [5.74, 6) is -0.878. The molecule has 1 aromatic carbocycles. The van der Waals surface area contributed by atoms with Crippen molar-refractivity contribution in [3.63, 3.8) is 0 Å². The molecule has 1 saturated carbocycles. The van der Waals surface area contributed by atoms with Gasteiger partial charge in [-0.15, -0.1) is 0 Å². The third-order valence-electron chi connectivity index (χ3n) is 6.14. The molecule has 1 amide bonds. The fourth-order valence-electron chi connectivity index (χ4n) is 4.02. The maximum absolute atomic E-state index is 13.4. The second-order valence-electron chi connectivity index (χ2n) is 9.13. The first-order valence-corrected chi connectivity index (χ1v) is 13.6. The minimum absolute atomic E-state index is 0.0506. The molecule has 1 aliphatic carbocycles. The van der Waals surface area contributed by atoms with Crippen molar-refractivity contribution < 1.29 is 22.0 Å². The number of carbonyl (C=O) groups excluding carboxylic acids is 1. The number of aromatic nitrogens is 5. The van der Waals surface area contributed by atoms with Gasteiger partial charge < -0.3 is 15.6 Å². The quantitative estimate of drug-likeness (QED) is 0.243. The molecule has 3 heterocycles. The first-order valence-electron chi connectivity index (χ1n) is 11.9. The molecule has 0 spiro atoms. The van der Waals surface area contributed by atoms with Crippen LogP contribution in [0.4, 0.5) is 31.7 Å². The van der Waals surface area contributed by atoms with Gasteiger partial charge in [-0.3, -0.25) is 14.2 Å². The van der Waals surface area contributed by atoms with Crippen LogP contribution in [0.3, 0.4) is 0 Å². The van der Waals surface area contributed by atoms with Gasteiger partial charge in [-0.1, -0.05) is 6.07 Å². The number of pyridine rings is 1. The lowest BCUT2D eigenvalue weighted by atomic mass is 10.1. The molecule has 0 radical (unpaired) electrons. The summed E-state index contributed by atoms with van der Waals surface area (Å²) in [7, 11) is -1.88. The van der Waals surface area contributed by atoms with E-state index in [9.17, 15) is 22.0 Å². The molecule has 5 rings (SSSR count). The highest BCUT2D eigenvalue weighted by Gasteiger charge is 2.30. The minimum atomic E-state index is -3.67. The summed E-state index contributed by atoms with van der Waals surface area (Å²) in [5, 5.41) is 10.2. The number of aryl methyl sites for hydroxylation is 2. The molecule has 0 saturated heterocycles. The van der Waals surface area contributed by atoms with Gasteiger partial charge in [-0.25, -0.2) is 27.2 Å². The van der Waals surface area contributed by atoms with Crippen molar-refractivity contribution in [2.45, 2.75) is 33.1 Å². The van der Waals surface area contributed by atoms with Gasteiger partial charge in [0.25, 0.3) is 6.43 Å². The SMILES string of the molecule is CCS(=O)(=O)Nc1cc(-c2cn(C)nc2C)ccc1Nc1cc(NC(=O)C2CC2)nc2[nH]c(C(F)F)nc12. The number of benzene rings is 1. The first kappa shape index (κ1) is 25.6. The van der Waals surface area contributed by atoms with Crippen LogP contribution in [0, 0.1) is 12.8 Å². The monoisotopic (exact) mass is 544 g/mol. The van der Waals surface area contributed by atoms with Crippen LogP contribution < -0.4 is 15.4 Å². The third-order valence-corrected chi connectivity index (χ3v) is 7.43. The van der Waals surface area contributed by atoms with Gasteiger partial charge in [0.1, 0.15) is 11.3 Å². The molecule has 38 heavy (non-hydrogen) atoms. The van der Waals surface area contributed by atoms with Crippen molar-refractivity contribution in [3.05, 3.63) is 42.0 Å². The molecule has 14 heteroatoms. The molecule has 0 bridgehead atoms. The number of hydrogen-bond donors (Lipinski definition) is 4. The van der Waals surface area contributed by atoms with Gasteiger partial charge in [-0.05, 0) is 44.4 Å². The van der Waals surface area contributed by atoms with Crippen molar-refractivity contribution in [1.29, 1.82) is 0 Å². The van der Waals surface area contributed by atoms with Crippen LogP contribution in [-0.2, 0) is 21.9 Å². The van der Waals surface area contributed by atoms with Crippen LogP contribution in [-0.4, -0.2) is 44.8 Å². The summed E-state index contributed by atoms with van der Waals surface area (Å²) in [6.07, 6.45) is 0.521. The van der Waals surface area contributed by atoms with Crippen LogP contribution in [0.1, 0.15) is 37.7 Å². The zero-order valence-electron chi connectivity index (χ0n) is 20.8. The number of aromatic amines is 1. The average Bonchev–Trinajstić information content (AvgIpc) is 3.53. The van der Waals surface area contributed by atoms with E-state index >= 15 is 0 Å². The molecule has 1 aliphatic rings. The van der Waals surface area contributed by atoms with Crippen LogP contribution in [0.25, 0.3) is 22.3 Å². The zero-order valence-corrected chi connectivity index (χ0v) is 21.7. The standard InChI is InChI=1S/C24H26F2N8O3S/c1-4-38(36,37)33-17-9-14(15-11-34(3)32-12(15)2)7-8-16(17)27-18-10-19(29-24(35)13-5-6-13)28-22-20(18)30-23(31-22)21(25)26/h7-11,13,21,33H,4-6H2,1-3H3,(H3,27,28,29,30,31,35). The van der Waals surface area contributed by atoms with E-state index in [4.69, 9.17) is 0 Å². The second kappa shape index (κ2) is 9.67. The molecule has 200 valence electrons. The highest BCUT2D eigenvalue weighted by Crippen LogP contribution is 2.36. The Morgan fingerprint density at radius 2 is 1.95 bits per heavy atom. The Labute approximate surface area is 217 Å². The van der Waals surface area contributed by atoms with E-state index < -0.39 is 22.3 Å². The van der Waals surface area contributed by atoms with Gasteiger partial charge in [0.15, 0.2) is 11.5 Å². The van der Waals surface area contributed by atoms with E-state index in [0.717, 1.165) is 29.7 Å². The van der Waals surface area contributed by atoms with E-state index in [1.54, 1.807) is 29.9 Å². The topological polar surface area (TPSA) is 147 Å². The summed E-state index contributed by atoms with van der Waals surface area (Å²) in [4.78, 5) is 23.1. The van der Waals surface area contributed by atoms with E-state index in [1.165, 1.54) is 13.0 Å². The van der Waals surface area contributed by atoms with Gasteiger partial charge in [0.05, 0.1) is 28.5 Å². The van der Waals surface area contributed by atoms with Crippen LogP contribution in [0.15, 0.2) is 30.5 Å². The van der Waals surface area contributed by atoms with Crippen LogP contribution in [0.5, 0.6) is 0 Å². The minimum Gasteiger partial charge on any atom is -0.352 e. The van der Waals surface area contributed by atoms with Crippen molar-refractivity contribution in [2.24, 2.45) is 13.0 Å². The molecule has 4 N–H and O–H groups in total. The largest absolute Gasteiger partial charge is 0.352 e. The number of nitrogens with zero attached hydrogens (tertiary/aromatic N) is 4. The molecule has 11 nitrogen and oxygen atoms in total. The second-order valence-corrected chi connectivity index (χ2v) is 11.1. The fourth-order valence-corrected chi connectivity index (χ4v) is 4.67. The van der Waals surface area contributed by atoms with Gasteiger partial charge >= 0.3 is 0 Å². The van der Waals surface area contributed by atoms with E-state index in [1.807, 2.05) is 13.1 Å². The number of imidazole rings is 1. The Morgan fingerprint density at radius 3 is 2.58 bits per heavy atom. The van der Waals surface area contributed by atoms with Crippen molar-refractivity contribution in [3.8, 4) is 11.1 Å². The Bertz CT molecular complexity index is 1640. The van der Waals surface area contributed by atoms with Gasteiger partial charge in [0.2, 0.25) is 15.9 Å².